The molecule has 0 aromatic carbocycles. The van der Waals surface area contributed by atoms with E-state index in [9.17, 15) is 9.18 Å². The Kier molecular flexibility index (Phi) is 11.0. The summed E-state index contributed by atoms with van der Waals surface area (Å²) in [7, 11) is 0. The largest absolute Gasteiger partial charge is 0.347 e. The molecular formula is C20H36FNO. The number of allylic oxidation sites excluding steroid dienone is 1. The van der Waals surface area contributed by atoms with Crippen molar-refractivity contribution >= 4 is 5.91 Å². The van der Waals surface area contributed by atoms with Crippen molar-refractivity contribution in [1.82, 2.24) is 5.32 Å². The topological polar surface area (TPSA) is 29.1 Å². The van der Waals surface area contributed by atoms with Crippen molar-refractivity contribution in [2.75, 3.05) is 0 Å². The Morgan fingerprint density at radius 1 is 1.04 bits per heavy atom. The number of halogens is 1. The first-order valence-corrected chi connectivity index (χ1v) is 9.80. The second kappa shape index (κ2) is 12.5. The zero-order valence-electron chi connectivity index (χ0n) is 15.2. The van der Waals surface area contributed by atoms with Crippen LogP contribution in [0.25, 0.3) is 0 Å². The monoisotopic (exact) mass is 325 g/mol. The van der Waals surface area contributed by atoms with Crippen LogP contribution in [0.2, 0.25) is 0 Å². The maximum absolute atomic E-state index is 13.7. The Morgan fingerprint density at radius 2 is 1.65 bits per heavy atom. The highest BCUT2D eigenvalue weighted by atomic mass is 19.1. The molecule has 134 valence electrons. The second-order valence-electron chi connectivity index (χ2n) is 7.26. The van der Waals surface area contributed by atoms with Gasteiger partial charge in [0.15, 0.2) is 5.83 Å². The Bertz CT molecular complexity index is 354. The minimum atomic E-state index is -0.593. The standard InChI is InChI=1S/C20H36FNO/c1-3-4-5-6-7-8-9-10-11-12-13-19(21)20(23)22-18-15-14-17(2)16-18/h13,17-18H,3-12,14-16H2,1-2H3,(H,22,23)/b19-13+/t17-,18+/m0/s1. The number of rotatable bonds is 12. The quantitative estimate of drug-likeness (QED) is 0.342. The summed E-state index contributed by atoms with van der Waals surface area (Å²) in [5.74, 6) is -0.460. The van der Waals surface area contributed by atoms with Crippen molar-refractivity contribution in [3.05, 3.63) is 11.9 Å². The predicted octanol–water partition coefficient (Wildman–Crippen LogP) is 6.07. The zero-order valence-corrected chi connectivity index (χ0v) is 15.2. The van der Waals surface area contributed by atoms with Gasteiger partial charge in [-0.3, -0.25) is 4.79 Å². The lowest BCUT2D eigenvalue weighted by Crippen LogP contribution is -2.33. The van der Waals surface area contributed by atoms with Crippen LogP contribution in [-0.4, -0.2) is 11.9 Å². The molecule has 2 nitrogen and oxygen atoms in total. The second-order valence-corrected chi connectivity index (χ2v) is 7.26. The first kappa shape index (κ1) is 20.2. The van der Waals surface area contributed by atoms with Crippen molar-refractivity contribution in [3.63, 3.8) is 0 Å². The van der Waals surface area contributed by atoms with E-state index in [1.165, 1.54) is 51.0 Å². The number of amides is 1. The van der Waals surface area contributed by atoms with Crippen LogP contribution in [0.3, 0.4) is 0 Å². The average Bonchev–Trinajstić information content (AvgIpc) is 2.94. The highest BCUT2D eigenvalue weighted by molar-refractivity contribution is 5.91. The summed E-state index contributed by atoms with van der Waals surface area (Å²) in [5.41, 5.74) is 0. The maximum Gasteiger partial charge on any atom is 0.279 e. The lowest BCUT2D eigenvalue weighted by Gasteiger charge is -2.11. The lowest BCUT2D eigenvalue weighted by molar-refractivity contribution is -0.119. The maximum atomic E-state index is 13.7. The minimum absolute atomic E-state index is 0.171. The van der Waals surface area contributed by atoms with Gasteiger partial charge in [0.1, 0.15) is 0 Å². The van der Waals surface area contributed by atoms with Crippen LogP contribution in [0.5, 0.6) is 0 Å². The van der Waals surface area contributed by atoms with Gasteiger partial charge in [0, 0.05) is 6.04 Å². The third-order valence-electron chi connectivity index (χ3n) is 4.88. The summed E-state index contributed by atoms with van der Waals surface area (Å²) in [6.07, 6.45) is 16.6. The fourth-order valence-electron chi connectivity index (χ4n) is 3.37. The van der Waals surface area contributed by atoms with Crippen molar-refractivity contribution in [1.29, 1.82) is 0 Å². The van der Waals surface area contributed by atoms with E-state index in [0.717, 1.165) is 32.1 Å². The SMILES string of the molecule is CCCCCCCCCCC/C=C(/F)C(=O)N[C@@H]1CC[C@H](C)C1. The molecule has 0 aliphatic heterocycles. The molecule has 0 radical (unpaired) electrons. The van der Waals surface area contributed by atoms with Crippen LogP contribution >= 0.6 is 0 Å². The molecule has 1 N–H and O–H groups in total. The normalized spacial score (nSPS) is 21.6. The fourth-order valence-corrected chi connectivity index (χ4v) is 3.37. The first-order chi connectivity index (χ1) is 11.1. The highest BCUT2D eigenvalue weighted by Crippen LogP contribution is 2.24. The van der Waals surface area contributed by atoms with Gasteiger partial charge >= 0.3 is 0 Å². The molecule has 0 bridgehead atoms. The van der Waals surface area contributed by atoms with Crippen LogP contribution in [0, 0.1) is 5.92 Å². The van der Waals surface area contributed by atoms with E-state index in [1.54, 1.807) is 0 Å². The molecule has 1 fully saturated rings. The number of hydrogen-bond donors (Lipinski definition) is 1. The number of hydrogen-bond acceptors (Lipinski definition) is 1. The van der Waals surface area contributed by atoms with Gasteiger partial charge in [0.25, 0.3) is 5.91 Å². The molecule has 1 aliphatic rings. The van der Waals surface area contributed by atoms with E-state index in [2.05, 4.69) is 19.2 Å². The molecule has 0 unspecified atom stereocenters. The molecule has 1 rings (SSSR count). The van der Waals surface area contributed by atoms with Crippen molar-refractivity contribution in [3.8, 4) is 0 Å². The Morgan fingerprint density at radius 3 is 2.22 bits per heavy atom. The van der Waals surface area contributed by atoms with Gasteiger partial charge < -0.3 is 5.32 Å². The number of carbonyl (C=O) groups is 1. The molecule has 23 heavy (non-hydrogen) atoms. The summed E-state index contributed by atoms with van der Waals surface area (Å²) in [6.45, 7) is 4.42. The van der Waals surface area contributed by atoms with Gasteiger partial charge in [-0.25, -0.2) is 4.39 Å². The Labute approximate surface area is 142 Å². The third kappa shape index (κ3) is 9.78. The first-order valence-electron chi connectivity index (χ1n) is 9.80. The lowest BCUT2D eigenvalue weighted by atomic mass is 10.1. The molecular weight excluding hydrogens is 289 g/mol. The van der Waals surface area contributed by atoms with E-state index in [0.29, 0.717) is 12.3 Å². The molecule has 0 heterocycles. The average molecular weight is 326 g/mol. The zero-order chi connectivity index (χ0) is 16.9. The highest BCUT2D eigenvalue weighted by Gasteiger charge is 2.23. The van der Waals surface area contributed by atoms with E-state index < -0.39 is 11.7 Å². The van der Waals surface area contributed by atoms with Gasteiger partial charge in [-0.2, -0.15) is 0 Å². The summed E-state index contributed by atoms with van der Waals surface area (Å²) in [5, 5.41) is 2.81. The minimum Gasteiger partial charge on any atom is -0.347 e. The van der Waals surface area contributed by atoms with E-state index in [-0.39, 0.29) is 6.04 Å². The van der Waals surface area contributed by atoms with E-state index >= 15 is 0 Å². The molecule has 1 saturated carbocycles. The van der Waals surface area contributed by atoms with Crippen molar-refractivity contribution in [2.45, 2.75) is 103 Å². The Hall–Kier alpha value is -0.860. The van der Waals surface area contributed by atoms with E-state index in [1.807, 2.05) is 0 Å². The molecule has 1 aliphatic carbocycles. The molecule has 2 atom stereocenters. The molecule has 0 saturated heterocycles. The van der Waals surface area contributed by atoms with Gasteiger partial charge in [-0.15, -0.1) is 0 Å². The summed E-state index contributed by atoms with van der Waals surface area (Å²) >= 11 is 0. The smallest absolute Gasteiger partial charge is 0.279 e. The Balaban J connectivity index is 1.99. The third-order valence-corrected chi connectivity index (χ3v) is 4.88. The van der Waals surface area contributed by atoms with Gasteiger partial charge in [-0.05, 0) is 44.1 Å². The van der Waals surface area contributed by atoms with E-state index in [4.69, 9.17) is 0 Å². The van der Waals surface area contributed by atoms with Crippen LogP contribution in [0.15, 0.2) is 11.9 Å². The van der Waals surface area contributed by atoms with Gasteiger partial charge in [-0.1, -0.05) is 65.2 Å². The molecule has 1 amide bonds. The van der Waals surface area contributed by atoms with Crippen LogP contribution < -0.4 is 5.32 Å². The van der Waals surface area contributed by atoms with Crippen LogP contribution in [0.4, 0.5) is 4.39 Å². The molecule has 0 aromatic heterocycles. The summed E-state index contributed by atoms with van der Waals surface area (Å²) in [6, 6.07) is 0.171. The van der Waals surface area contributed by atoms with Gasteiger partial charge in [0.05, 0.1) is 0 Å². The molecule has 3 heteroatoms. The van der Waals surface area contributed by atoms with Crippen LogP contribution in [0.1, 0.15) is 97.3 Å². The predicted molar refractivity (Wildman–Crippen MR) is 96.0 cm³/mol. The van der Waals surface area contributed by atoms with Crippen molar-refractivity contribution in [2.24, 2.45) is 5.92 Å². The molecule has 0 aromatic rings. The van der Waals surface area contributed by atoms with Crippen LogP contribution in [-0.2, 0) is 4.79 Å². The molecule has 0 spiro atoms. The van der Waals surface area contributed by atoms with Crippen molar-refractivity contribution < 1.29 is 9.18 Å². The summed E-state index contributed by atoms with van der Waals surface area (Å²) in [4.78, 5) is 11.7. The van der Waals surface area contributed by atoms with Gasteiger partial charge in [0.2, 0.25) is 0 Å². The fraction of sp³-hybridized carbons (Fsp3) is 0.850. The summed E-state index contributed by atoms with van der Waals surface area (Å²) < 4.78 is 13.7. The number of unbranched alkanes of at least 4 members (excludes halogenated alkanes) is 9. The number of carbonyl (C=O) groups excluding carboxylic acids is 1. The number of nitrogens with one attached hydrogen (secondary N) is 1.